The Morgan fingerprint density at radius 3 is 2.61 bits per heavy atom. The van der Waals surface area contributed by atoms with Crippen molar-refractivity contribution in [3.8, 4) is 5.69 Å². The summed E-state index contributed by atoms with van der Waals surface area (Å²) in [7, 11) is 0. The lowest BCUT2D eigenvalue weighted by atomic mass is 10.2. The molecule has 2 aromatic rings. The summed E-state index contributed by atoms with van der Waals surface area (Å²) in [5, 5.41) is 0. The van der Waals surface area contributed by atoms with Gasteiger partial charge in [-0.2, -0.15) is 0 Å². The van der Waals surface area contributed by atoms with Crippen LogP contribution in [0.4, 0.5) is 0 Å². The Hall–Kier alpha value is -1.77. The molecule has 1 aromatic carbocycles. The second kappa shape index (κ2) is 6.24. The molecular weight excluding hydrogens is 224 g/mol. The summed E-state index contributed by atoms with van der Waals surface area (Å²) < 4.78 is 3.46. The van der Waals surface area contributed by atoms with E-state index in [-0.39, 0.29) is 5.69 Å². The number of aryl methyl sites for hydroxylation is 1. The van der Waals surface area contributed by atoms with Gasteiger partial charge in [-0.25, -0.2) is 4.79 Å². The van der Waals surface area contributed by atoms with Gasteiger partial charge in [0, 0.05) is 18.9 Å². The lowest BCUT2D eigenvalue weighted by Crippen LogP contribution is -2.22. The minimum Gasteiger partial charge on any atom is -0.299 e. The molecule has 18 heavy (non-hydrogen) atoms. The third-order valence-electron chi connectivity index (χ3n) is 3.08. The summed E-state index contributed by atoms with van der Waals surface area (Å²) in [4.78, 5) is 12.1. The average molecular weight is 243 g/mol. The van der Waals surface area contributed by atoms with Crippen molar-refractivity contribution in [2.45, 2.75) is 39.2 Å². The summed E-state index contributed by atoms with van der Waals surface area (Å²) in [5.74, 6) is 0. The molecule has 0 aliphatic carbocycles. The van der Waals surface area contributed by atoms with Crippen molar-refractivity contribution in [1.82, 2.24) is 9.13 Å². The molecule has 0 N–H and O–H groups in total. The minimum atomic E-state index is 0.0395. The lowest BCUT2D eigenvalue weighted by Gasteiger charge is -2.02. The first kappa shape index (κ1) is 12.7. The zero-order chi connectivity index (χ0) is 12.8. The molecule has 0 amide bonds. The highest BCUT2D eigenvalue weighted by Crippen LogP contribution is 2.04. The van der Waals surface area contributed by atoms with Crippen LogP contribution < -0.4 is 5.69 Å². The van der Waals surface area contributed by atoms with Crippen LogP contribution in [0.5, 0.6) is 0 Å². The quantitative estimate of drug-likeness (QED) is 0.716. The van der Waals surface area contributed by atoms with Gasteiger partial charge in [0.15, 0.2) is 0 Å². The number of nitrogens with zero attached hydrogens (tertiary/aromatic N) is 2. The minimum absolute atomic E-state index is 0.0395. The predicted octanol–water partition coefficient (Wildman–Crippen LogP) is 3.02. The Bertz CT molecular complexity index is 525. The number of benzene rings is 1. The molecule has 0 saturated heterocycles. The SMILES string of the molecule is CCCCCCn1ccn(-c2cc[c]cc2)c1=O. The highest BCUT2D eigenvalue weighted by molar-refractivity contribution is 5.30. The summed E-state index contributed by atoms with van der Waals surface area (Å²) in [6.07, 6.45) is 8.41. The third kappa shape index (κ3) is 2.92. The van der Waals surface area contributed by atoms with Crippen LogP contribution >= 0.6 is 0 Å². The molecular formula is C15H19N2O. The van der Waals surface area contributed by atoms with Crippen LogP contribution in [-0.4, -0.2) is 9.13 Å². The van der Waals surface area contributed by atoms with Crippen molar-refractivity contribution < 1.29 is 0 Å². The van der Waals surface area contributed by atoms with Gasteiger partial charge in [0.05, 0.1) is 5.69 Å². The lowest BCUT2D eigenvalue weighted by molar-refractivity contribution is 0.568. The average Bonchev–Trinajstić information content (AvgIpc) is 2.77. The van der Waals surface area contributed by atoms with Gasteiger partial charge >= 0.3 is 5.69 Å². The molecule has 0 unspecified atom stereocenters. The summed E-state index contributed by atoms with van der Waals surface area (Å²) in [5.41, 5.74) is 0.934. The molecule has 0 bridgehead atoms. The second-order valence-corrected chi connectivity index (χ2v) is 4.46. The van der Waals surface area contributed by atoms with Gasteiger partial charge in [0.2, 0.25) is 0 Å². The predicted molar refractivity (Wildman–Crippen MR) is 73.0 cm³/mol. The van der Waals surface area contributed by atoms with Crippen molar-refractivity contribution in [2.75, 3.05) is 0 Å². The number of imidazole rings is 1. The van der Waals surface area contributed by atoms with Crippen molar-refractivity contribution in [3.05, 3.63) is 53.2 Å². The Morgan fingerprint density at radius 1 is 1.11 bits per heavy atom. The van der Waals surface area contributed by atoms with Gasteiger partial charge in [-0.1, -0.05) is 38.3 Å². The number of hydrogen-bond acceptors (Lipinski definition) is 1. The zero-order valence-corrected chi connectivity index (χ0v) is 10.8. The van der Waals surface area contributed by atoms with Gasteiger partial charge in [-0.3, -0.25) is 9.13 Å². The maximum atomic E-state index is 12.1. The van der Waals surface area contributed by atoms with E-state index in [1.807, 2.05) is 36.7 Å². The number of aromatic nitrogens is 2. The first-order valence-corrected chi connectivity index (χ1v) is 6.57. The van der Waals surface area contributed by atoms with E-state index in [0.717, 1.165) is 18.7 Å². The molecule has 0 saturated carbocycles. The molecule has 2 rings (SSSR count). The number of hydrogen-bond donors (Lipinski definition) is 0. The molecule has 3 nitrogen and oxygen atoms in total. The van der Waals surface area contributed by atoms with Crippen LogP contribution in [0, 0.1) is 6.07 Å². The van der Waals surface area contributed by atoms with Crippen molar-refractivity contribution in [2.24, 2.45) is 0 Å². The molecule has 95 valence electrons. The normalized spacial score (nSPS) is 10.7. The van der Waals surface area contributed by atoms with Gasteiger partial charge in [-0.05, 0) is 24.6 Å². The van der Waals surface area contributed by atoms with Crippen molar-refractivity contribution in [1.29, 1.82) is 0 Å². The maximum Gasteiger partial charge on any atom is 0.332 e. The van der Waals surface area contributed by atoms with E-state index in [1.165, 1.54) is 19.3 Å². The first-order chi connectivity index (χ1) is 8.83. The van der Waals surface area contributed by atoms with E-state index in [0.29, 0.717) is 0 Å². The van der Waals surface area contributed by atoms with Crippen LogP contribution in [-0.2, 0) is 6.54 Å². The monoisotopic (exact) mass is 243 g/mol. The van der Waals surface area contributed by atoms with Crippen LogP contribution in [0.3, 0.4) is 0 Å². The largest absolute Gasteiger partial charge is 0.332 e. The smallest absolute Gasteiger partial charge is 0.299 e. The van der Waals surface area contributed by atoms with Gasteiger partial charge in [-0.15, -0.1) is 0 Å². The highest BCUT2D eigenvalue weighted by Gasteiger charge is 2.04. The van der Waals surface area contributed by atoms with E-state index in [2.05, 4.69) is 13.0 Å². The van der Waals surface area contributed by atoms with E-state index < -0.39 is 0 Å². The Balaban J connectivity index is 2.07. The van der Waals surface area contributed by atoms with Crippen molar-refractivity contribution in [3.63, 3.8) is 0 Å². The molecule has 0 aliphatic rings. The van der Waals surface area contributed by atoms with Crippen LogP contribution in [0.2, 0.25) is 0 Å². The van der Waals surface area contributed by atoms with E-state index >= 15 is 0 Å². The van der Waals surface area contributed by atoms with Crippen molar-refractivity contribution >= 4 is 0 Å². The standard InChI is InChI=1S/C15H19N2O/c1-2-3-4-8-11-16-12-13-17(15(16)18)14-9-6-5-7-10-14/h6-7,9-10,12-13H,2-4,8,11H2,1H3. The molecule has 3 heteroatoms. The molecule has 1 heterocycles. The molecule has 1 radical (unpaired) electrons. The molecule has 0 fully saturated rings. The second-order valence-electron chi connectivity index (χ2n) is 4.46. The highest BCUT2D eigenvalue weighted by atomic mass is 16.1. The molecule has 0 spiro atoms. The Labute approximate surface area is 108 Å². The molecule has 0 aliphatic heterocycles. The third-order valence-corrected chi connectivity index (χ3v) is 3.08. The fourth-order valence-electron chi connectivity index (χ4n) is 2.03. The van der Waals surface area contributed by atoms with Crippen LogP contribution in [0.15, 0.2) is 41.5 Å². The Morgan fingerprint density at radius 2 is 1.89 bits per heavy atom. The van der Waals surface area contributed by atoms with Crippen LogP contribution in [0.25, 0.3) is 5.69 Å². The van der Waals surface area contributed by atoms with E-state index in [4.69, 9.17) is 0 Å². The zero-order valence-electron chi connectivity index (χ0n) is 10.8. The Kier molecular flexibility index (Phi) is 4.40. The van der Waals surface area contributed by atoms with Gasteiger partial charge in [0.25, 0.3) is 0 Å². The molecule has 1 aromatic heterocycles. The maximum absolute atomic E-state index is 12.1. The first-order valence-electron chi connectivity index (χ1n) is 6.57. The fourth-order valence-corrected chi connectivity index (χ4v) is 2.03. The number of rotatable bonds is 6. The summed E-state index contributed by atoms with van der Waals surface area (Å²) in [6.45, 7) is 3.00. The van der Waals surface area contributed by atoms with E-state index in [1.54, 1.807) is 9.13 Å². The number of unbranched alkanes of at least 4 members (excludes halogenated alkanes) is 3. The fraction of sp³-hybridized carbons (Fsp3) is 0.400. The van der Waals surface area contributed by atoms with E-state index in [9.17, 15) is 4.79 Å². The molecule has 0 atom stereocenters. The van der Waals surface area contributed by atoms with Crippen LogP contribution in [0.1, 0.15) is 32.6 Å². The summed E-state index contributed by atoms with van der Waals surface area (Å²) >= 11 is 0. The topological polar surface area (TPSA) is 26.9 Å². The summed E-state index contributed by atoms with van der Waals surface area (Å²) in [6, 6.07) is 10.4. The van der Waals surface area contributed by atoms with Gasteiger partial charge < -0.3 is 0 Å². The van der Waals surface area contributed by atoms with Gasteiger partial charge in [0.1, 0.15) is 0 Å².